The largest absolute Gasteiger partial charge is 0.269 e. The fraction of sp³-hybridized carbons (Fsp3) is 0.0870. The monoisotopic (exact) mass is 397 g/mol. The molecular weight excluding hydrogens is 378 g/mol. The Morgan fingerprint density at radius 2 is 1.67 bits per heavy atom. The molecule has 4 rings (SSSR count). The second-order valence-corrected chi connectivity index (χ2v) is 6.89. The summed E-state index contributed by atoms with van der Waals surface area (Å²) in [5.41, 5.74) is 7.46. The van der Waals surface area contributed by atoms with Crippen molar-refractivity contribution in [2.75, 3.05) is 5.43 Å². The number of aromatic nitrogens is 2. The molecular formula is C23H19N5O2. The number of non-ortho nitro benzene ring substituents is 1. The van der Waals surface area contributed by atoms with Crippen LogP contribution in [0.1, 0.15) is 18.1 Å². The molecule has 0 aliphatic rings. The number of hydrogen-bond acceptors (Lipinski definition) is 6. The van der Waals surface area contributed by atoms with Gasteiger partial charge in [-0.05, 0) is 43.7 Å². The smallest absolute Gasteiger partial charge is 0.260 e. The lowest BCUT2D eigenvalue weighted by atomic mass is 10.1. The molecule has 0 saturated heterocycles. The number of anilines is 1. The van der Waals surface area contributed by atoms with Gasteiger partial charge in [0.1, 0.15) is 0 Å². The molecule has 30 heavy (non-hydrogen) atoms. The SMILES string of the molecule is C/C(=N\Nc1nc(-c2ccc(C)cc2)nc2ccccc12)c1ccc([N+](=O)[O-])cc1. The van der Waals surface area contributed by atoms with Gasteiger partial charge >= 0.3 is 0 Å². The van der Waals surface area contributed by atoms with Crippen LogP contribution in [0.4, 0.5) is 11.5 Å². The van der Waals surface area contributed by atoms with Gasteiger partial charge in [0, 0.05) is 23.1 Å². The van der Waals surface area contributed by atoms with Crippen molar-refractivity contribution in [3.05, 3.63) is 94.0 Å². The van der Waals surface area contributed by atoms with E-state index in [0.29, 0.717) is 17.4 Å². The second-order valence-electron chi connectivity index (χ2n) is 6.89. The Labute approximate surface area is 173 Å². The zero-order chi connectivity index (χ0) is 21.1. The van der Waals surface area contributed by atoms with Crippen molar-refractivity contribution in [2.45, 2.75) is 13.8 Å². The van der Waals surface area contributed by atoms with Crippen LogP contribution in [0.3, 0.4) is 0 Å². The number of nitrogens with one attached hydrogen (secondary N) is 1. The highest BCUT2D eigenvalue weighted by atomic mass is 16.6. The molecule has 0 spiro atoms. The van der Waals surface area contributed by atoms with Crippen LogP contribution in [-0.2, 0) is 0 Å². The van der Waals surface area contributed by atoms with Crippen LogP contribution in [0.15, 0.2) is 77.9 Å². The zero-order valence-electron chi connectivity index (χ0n) is 16.5. The van der Waals surface area contributed by atoms with Crippen molar-refractivity contribution < 1.29 is 4.92 Å². The summed E-state index contributed by atoms with van der Waals surface area (Å²) >= 11 is 0. The van der Waals surface area contributed by atoms with E-state index in [1.807, 2.05) is 62.4 Å². The van der Waals surface area contributed by atoms with Crippen LogP contribution in [0.2, 0.25) is 0 Å². The molecule has 1 aromatic heterocycles. The quantitative estimate of drug-likeness (QED) is 0.278. The molecule has 1 N–H and O–H groups in total. The molecule has 0 bridgehead atoms. The molecule has 1 heterocycles. The molecule has 3 aromatic carbocycles. The van der Waals surface area contributed by atoms with Gasteiger partial charge in [0.15, 0.2) is 11.6 Å². The van der Waals surface area contributed by atoms with Gasteiger partial charge < -0.3 is 0 Å². The lowest BCUT2D eigenvalue weighted by molar-refractivity contribution is -0.384. The summed E-state index contributed by atoms with van der Waals surface area (Å²) in [4.78, 5) is 19.8. The molecule has 0 aliphatic heterocycles. The van der Waals surface area contributed by atoms with Gasteiger partial charge in [-0.15, -0.1) is 0 Å². The Hall–Kier alpha value is -4.13. The second kappa shape index (κ2) is 8.08. The van der Waals surface area contributed by atoms with Crippen LogP contribution in [0, 0.1) is 17.0 Å². The summed E-state index contributed by atoms with van der Waals surface area (Å²) < 4.78 is 0. The molecule has 148 valence electrons. The van der Waals surface area contributed by atoms with Gasteiger partial charge in [0.25, 0.3) is 5.69 Å². The first-order valence-electron chi connectivity index (χ1n) is 9.40. The van der Waals surface area contributed by atoms with Gasteiger partial charge in [0.2, 0.25) is 0 Å². The van der Waals surface area contributed by atoms with Crippen molar-refractivity contribution in [1.29, 1.82) is 0 Å². The Morgan fingerprint density at radius 3 is 2.37 bits per heavy atom. The number of benzene rings is 3. The number of nitro groups is 1. The van der Waals surface area contributed by atoms with E-state index in [4.69, 9.17) is 0 Å². The Bertz CT molecular complexity index is 1250. The van der Waals surface area contributed by atoms with Gasteiger partial charge in [-0.2, -0.15) is 5.10 Å². The van der Waals surface area contributed by atoms with Crippen LogP contribution in [0.25, 0.3) is 22.3 Å². The maximum atomic E-state index is 10.8. The average Bonchev–Trinajstić information content (AvgIpc) is 2.77. The fourth-order valence-corrected chi connectivity index (χ4v) is 3.02. The average molecular weight is 397 g/mol. The van der Waals surface area contributed by atoms with Crippen molar-refractivity contribution in [3.8, 4) is 11.4 Å². The lowest BCUT2D eigenvalue weighted by Gasteiger charge is -2.09. The third kappa shape index (κ3) is 4.00. The number of fused-ring (bicyclic) bond motifs is 1. The first-order valence-corrected chi connectivity index (χ1v) is 9.40. The molecule has 0 amide bonds. The molecule has 0 radical (unpaired) electrons. The summed E-state index contributed by atoms with van der Waals surface area (Å²) in [5, 5.41) is 16.1. The molecule has 0 fully saturated rings. The first-order chi connectivity index (χ1) is 14.5. The van der Waals surface area contributed by atoms with E-state index in [-0.39, 0.29) is 5.69 Å². The fourth-order valence-electron chi connectivity index (χ4n) is 3.02. The number of rotatable bonds is 5. The van der Waals surface area contributed by atoms with Crippen molar-refractivity contribution in [3.63, 3.8) is 0 Å². The van der Waals surface area contributed by atoms with Gasteiger partial charge in [-0.25, -0.2) is 9.97 Å². The van der Waals surface area contributed by atoms with E-state index in [1.54, 1.807) is 12.1 Å². The van der Waals surface area contributed by atoms with Crippen molar-refractivity contribution in [1.82, 2.24) is 9.97 Å². The van der Waals surface area contributed by atoms with E-state index in [2.05, 4.69) is 20.5 Å². The predicted octanol–water partition coefficient (Wildman–Crippen LogP) is 5.35. The Kier molecular flexibility index (Phi) is 5.17. The van der Waals surface area contributed by atoms with E-state index in [0.717, 1.165) is 22.0 Å². The summed E-state index contributed by atoms with van der Waals surface area (Å²) in [6.45, 7) is 3.87. The maximum Gasteiger partial charge on any atom is 0.269 e. The summed E-state index contributed by atoms with van der Waals surface area (Å²) in [6.07, 6.45) is 0. The Balaban J connectivity index is 1.69. The zero-order valence-corrected chi connectivity index (χ0v) is 16.5. The highest BCUT2D eigenvalue weighted by Gasteiger charge is 2.10. The number of hydrogen-bond donors (Lipinski definition) is 1. The predicted molar refractivity (Wildman–Crippen MR) is 119 cm³/mol. The minimum Gasteiger partial charge on any atom is -0.260 e. The highest BCUT2D eigenvalue weighted by Crippen LogP contribution is 2.25. The molecule has 0 saturated carbocycles. The Morgan fingerprint density at radius 1 is 0.967 bits per heavy atom. The lowest BCUT2D eigenvalue weighted by Crippen LogP contribution is -2.03. The van der Waals surface area contributed by atoms with Gasteiger partial charge in [0.05, 0.1) is 16.2 Å². The summed E-state index contributed by atoms with van der Waals surface area (Å²) in [5.74, 6) is 1.21. The number of hydrazone groups is 1. The molecule has 7 heteroatoms. The van der Waals surface area contributed by atoms with E-state index in [1.165, 1.54) is 17.7 Å². The van der Waals surface area contributed by atoms with Crippen molar-refractivity contribution in [2.24, 2.45) is 5.10 Å². The molecule has 4 aromatic rings. The first kappa shape index (κ1) is 19.2. The molecule has 0 unspecified atom stereocenters. The van der Waals surface area contributed by atoms with E-state index >= 15 is 0 Å². The number of nitro benzene ring substituents is 1. The topological polar surface area (TPSA) is 93.3 Å². The van der Waals surface area contributed by atoms with Crippen molar-refractivity contribution >= 4 is 28.1 Å². The third-order valence-corrected chi connectivity index (χ3v) is 4.74. The standard InChI is InChI=1S/C23H19N5O2/c1-15-7-9-18(10-8-15)22-24-21-6-4-3-5-20(21)23(25-22)27-26-16(2)17-11-13-19(14-12-17)28(29)30/h3-14H,1-2H3,(H,24,25,27)/b26-16+. The highest BCUT2D eigenvalue weighted by molar-refractivity contribution is 6.00. The molecule has 0 atom stereocenters. The normalized spacial score (nSPS) is 11.5. The number of para-hydroxylation sites is 1. The number of aryl methyl sites for hydroxylation is 1. The number of nitrogens with zero attached hydrogens (tertiary/aromatic N) is 4. The minimum absolute atomic E-state index is 0.0454. The van der Waals surface area contributed by atoms with E-state index in [9.17, 15) is 10.1 Å². The van der Waals surface area contributed by atoms with Gasteiger partial charge in [-0.3, -0.25) is 15.5 Å². The summed E-state index contributed by atoms with van der Waals surface area (Å²) in [6, 6.07) is 22.1. The maximum absolute atomic E-state index is 10.8. The summed E-state index contributed by atoms with van der Waals surface area (Å²) in [7, 11) is 0. The van der Waals surface area contributed by atoms with Crippen LogP contribution >= 0.6 is 0 Å². The van der Waals surface area contributed by atoms with Crippen LogP contribution in [0.5, 0.6) is 0 Å². The molecule has 7 nitrogen and oxygen atoms in total. The van der Waals surface area contributed by atoms with Crippen LogP contribution < -0.4 is 5.43 Å². The minimum atomic E-state index is -0.422. The molecule has 0 aliphatic carbocycles. The van der Waals surface area contributed by atoms with Gasteiger partial charge in [-0.1, -0.05) is 42.0 Å². The van der Waals surface area contributed by atoms with Crippen LogP contribution in [-0.4, -0.2) is 20.6 Å². The van der Waals surface area contributed by atoms with E-state index < -0.39 is 4.92 Å². The third-order valence-electron chi connectivity index (χ3n) is 4.74.